The molecule has 0 amide bonds. The molecule has 1 N–H and O–H groups in total. The lowest BCUT2D eigenvalue weighted by molar-refractivity contribution is -0.142. The van der Waals surface area contributed by atoms with Crippen LogP contribution in [-0.2, 0) is 11.2 Å². The van der Waals surface area contributed by atoms with Crippen molar-refractivity contribution in [1.82, 2.24) is 4.90 Å². The lowest BCUT2D eigenvalue weighted by Crippen LogP contribution is -2.45. The van der Waals surface area contributed by atoms with Crippen LogP contribution in [0.4, 0.5) is 0 Å². The third-order valence-electron chi connectivity index (χ3n) is 4.65. The second-order valence-electron chi connectivity index (χ2n) is 6.13. The first-order valence-corrected chi connectivity index (χ1v) is 7.24. The second kappa shape index (κ2) is 4.77. The Hall–Kier alpha value is -1.55. The van der Waals surface area contributed by atoms with Crippen LogP contribution in [0.3, 0.4) is 0 Å². The molecule has 4 heteroatoms. The Balaban J connectivity index is 1.78. The maximum atomic E-state index is 11.1. The molecule has 2 heterocycles. The van der Waals surface area contributed by atoms with Crippen LogP contribution >= 0.6 is 0 Å². The summed E-state index contributed by atoms with van der Waals surface area (Å²) in [6, 6.07) is 5.92. The largest absolute Gasteiger partial charge is 0.486 e. The van der Waals surface area contributed by atoms with Crippen LogP contribution in [0, 0.1) is 6.92 Å². The Labute approximate surface area is 119 Å². The van der Waals surface area contributed by atoms with Gasteiger partial charge in [0, 0.05) is 19.5 Å². The Morgan fingerprint density at radius 2 is 2.25 bits per heavy atom. The highest BCUT2D eigenvalue weighted by atomic mass is 16.5. The Bertz CT molecular complexity index is 543. The number of carbonyl (C=O) groups is 1. The molecule has 1 spiro atoms. The van der Waals surface area contributed by atoms with E-state index >= 15 is 0 Å². The summed E-state index contributed by atoms with van der Waals surface area (Å²) in [6.07, 6.45) is 2.91. The summed E-state index contributed by atoms with van der Waals surface area (Å²) in [6.45, 7) is 5.34. The fourth-order valence-corrected chi connectivity index (χ4v) is 3.26. The molecule has 1 aromatic rings. The summed E-state index contributed by atoms with van der Waals surface area (Å²) in [5.41, 5.74) is 2.28. The highest BCUT2D eigenvalue weighted by molar-refractivity contribution is 5.73. The molecular weight excluding hydrogens is 254 g/mol. The van der Waals surface area contributed by atoms with Crippen LogP contribution < -0.4 is 4.74 Å². The molecule has 0 aliphatic carbocycles. The molecule has 1 saturated heterocycles. The number of hydrogen-bond acceptors (Lipinski definition) is 3. The summed E-state index contributed by atoms with van der Waals surface area (Å²) in [7, 11) is 0. The summed E-state index contributed by atoms with van der Waals surface area (Å²) < 4.78 is 6.29. The van der Waals surface area contributed by atoms with Gasteiger partial charge in [-0.25, -0.2) is 0 Å². The van der Waals surface area contributed by atoms with E-state index in [9.17, 15) is 4.79 Å². The van der Waals surface area contributed by atoms with Crippen molar-refractivity contribution in [2.45, 2.75) is 44.8 Å². The predicted octanol–water partition coefficient (Wildman–Crippen LogP) is 2.24. The van der Waals surface area contributed by atoms with Gasteiger partial charge in [-0.15, -0.1) is 0 Å². The number of aliphatic carboxylic acids is 1. The molecule has 0 saturated carbocycles. The quantitative estimate of drug-likeness (QED) is 0.899. The van der Waals surface area contributed by atoms with Gasteiger partial charge in [0.25, 0.3) is 0 Å². The first-order valence-electron chi connectivity index (χ1n) is 7.24. The number of carboxylic acid groups (broad SMARTS) is 1. The summed E-state index contributed by atoms with van der Waals surface area (Å²) in [4.78, 5) is 13.1. The number of likely N-dealkylation sites (tertiary alicyclic amines) is 1. The van der Waals surface area contributed by atoms with E-state index in [1.807, 2.05) is 4.90 Å². The van der Waals surface area contributed by atoms with Gasteiger partial charge in [0.05, 0.1) is 0 Å². The Morgan fingerprint density at radius 3 is 3.00 bits per heavy atom. The highest BCUT2D eigenvalue weighted by Crippen LogP contribution is 2.39. The first-order chi connectivity index (χ1) is 9.49. The number of hydrogen-bond donors (Lipinski definition) is 1. The van der Waals surface area contributed by atoms with Gasteiger partial charge in [0.2, 0.25) is 0 Å². The third kappa shape index (κ3) is 2.29. The molecule has 20 heavy (non-hydrogen) atoms. The molecule has 2 unspecified atom stereocenters. The molecule has 0 radical (unpaired) electrons. The number of carboxylic acids is 1. The monoisotopic (exact) mass is 275 g/mol. The maximum absolute atomic E-state index is 11.1. The molecule has 0 bridgehead atoms. The minimum absolute atomic E-state index is 0.190. The summed E-state index contributed by atoms with van der Waals surface area (Å²) in [5, 5.41) is 9.14. The Kier molecular flexibility index (Phi) is 3.21. The number of rotatable bonds is 2. The minimum Gasteiger partial charge on any atom is -0.486 e. The van der Waals surface area contributed by atoms with E-state index < -0.39 is 12.0 Å². The third-order valence-corrected chi connectivity index (χ3v) is 4.65. The molecule has 0 aromatic heterocycles. The van der Waals surface area contributed by atoms with Crippen LogP contribution in [0.2, 0.25) is 0 Å². The standard InChI is InChI=1S/C16H21NO3/c1-11-3-4-13-5-6-16(20-14(13)9-11)7-8-17(10-16)12(2)15(18)19/h3-4,9,12H,5-8,10H2,1-2H3,(H,18,19). The lowest BCUT2D eigenvalue weighted by Gasteiger charge is -2.36. The number of fused-ring (bicyclic) bond motifs is 1. The van der Waals surface area contributed by atoms with Gasteiger partial charge < -0.3 is 9.84 Å². The maximum Gasteiger partial charge on any atom is 0.320 e. The molecule has 2 aliphatic heterocycles. The molecule has 108 valence electrons. The van der Waals surface area contributed by atoms with Crippen LogP contribution in [0.25, 0.3) is 0 Å². The number of aryl methyl sites for hydroxylation is 2. The van der Waals surface area contributed by atoms with Gasteiger partial charge >= 0.3 is 5.97 Å². The van der Waals surface area contributed by atoms with Crippen molar-refractivity contribution < 1.29 is 14.6 Å². The average Bonchev–Trinajstić information content (AvgIpc) is 2.81. The molecule has 2 aliphatic rings. The molecule has 4 nitrogen and oxygen atoms in total. The summed E-state index contributed by atoms with van der Waals surface area (Å²) in [5.74, 6) is 0.232. The van der Waals surface area contributed by atoms with Crippen LogP contribution in [0.15, 0.2) is 18.2 Å². The van der Waals surface area contributed by atoms with Crippen LogP contribution in [0.5, 0.6) is 5.75 Å². The topological polar surface area (TPSA) is 49.8 Å². The van der Waals surface area contributed by atoms with Gasteiger partial charge in [-0.2, -0.15) is 0 Å². The molecule has 2 atom stereocenters. The molecule has 1 aromatic carbocycles. The van der Waals surface area contributed by atoms with E-state index in [2.05, 4.69) is 25.1 Å². The first kappa shape index (κ1) is 13.4. The average molecular weight is 275 g/mol. The van der Waals surface area contributed by atoms with Crippen molar-refractivity contribution in [2.75, 3.05) is 13.1 Å². The van der Waals surface area contributed by atoms with Crippen molar-refractivity contribution in [3.05, 3.63) is 29.3 Å². The van der Waals surface area contributed by atoms with Crippen molar-refractivity contribution in [3.8, 4) is 5.75 Å². The molecular formula is C16H21NO3. The summed E-state index contributed by atoms with van der Waals surface area (Å²) >= 11 is 0. The predicted molar refractivity (Wildman–Crippen MR) is 76.1 cm³/mol. The van der Waals surface area contributed by atoms with Gasteiger partial charge in [0.1, 0.15) is 17.4 Å². The van der Waals surface area contributed by atoms with E-state index in [0.29, 0.717) is 6.54 Å². The van der Waals surface area contributed by atoms with Gasteiger partial charge in [-0.1, -0.05) is 12.1 Å². The SMILES string of the molecule is Cc1ccc2c(c1)OC1(CC2)CCN(C(C)C(=O)O)C1. The highest BCUT2D eigenvalue weighted by Gasteiger charge is 2.44. The zero-order chi connectivity index (χ0) is 14.3. The van der Waals surface area contributed by atoms with E-state index in [0.717, 1.165) is 31.6 Å². The van der Waals surface area contributed by atoms with Crippen molar-refractivity contribution in [2.24, 2.45) is 0 Å². The smallest absolute Gasteiger partial charge is 0.320 e. The molecule has 3 rings (SSSR count). The van der Waals surface area contributed by atoms with Crippen molar-refractivity contribution in [1.29, 1.82) is 0 Å². The lowest BCUT2D eigenvalue weighted by atomic mass is 9.90. The van der Waals surface area contributed by atoms with Crippen LogP contribution in [-0.4, -0.2) is 40.7 Å². The van der Waals surface area contributed by atoms with Gasteiger partial charge in [-0.05, 0) is 43.9 Å². The fourth-order valence-electron chi connectivity index (χ4n) is 3.26. The zero-order valence-electron chi connectivity index (χ0n) is 12.1. The van der Waals surface area contributed by atoms with Crippen molar-refractivity contribution >= 4 is 5.97 Å². The number of ether oxygens (including phenoxy) is 1. The minimum atomic E-state index is -0.755. The Morgan fingerprint density at radius 1 is 1.45 bits per heavy atom. The van der Waals surface area contributed by atoms with Crippen molar-refractivity contribution in [3.63, 3.8) is 0 Å². The van der Waals surface area contributed by atoms with E-state index in [4.69, 9.17) is 9.84 Å². The number of benzene rings is 1. The number of nitrogens with zero attached hydrogens (tertiary/aromatic N) is 1. The molecule has 1 fully saturated rings. The normalized spacial score (nSPS) is 27.1. The fraction of sp³-hybridized carbons (Fsp3) is 0.562. The second-order valence-corrected chi connectivity index (χ2v) is 6.13. The van der Waals surface area contributed by atoms with Gasteiger partial charge in [-0.3, -0.25) is 9.69 Å². The zero-order valence-corrected chi connectivity index (χ0v) is 12.1. The van der Waals surface area contributed by atoms with E-state index in [1.165, 1.54) is 11.1 Å². The van der Waals surface area contributed by atoms with Crippen LogP contribution in [0.1, 0.15) is 30.9 Å². The van der Waals surface area contributed by atoms with E-state index in [1.54, 1.807) is 6.92 Å². The van der Waals surface area contributed by atoms with Gasteiger partial charge in [0.15, 0.2) is 0 Å². The van der Waals surface area contributed by atoms with E-state index in [-0.39, 0.29) is 5.60 Å².